The van der Waals surface area contributed by atoms with E-state index in [0.717, 1.165) is 26.3 Å². The molecule has 1 saturated carbocycles. The standard InChI is InChI=1S/C13H21F3N2O3/c1-18(9-13(14,15)16)11(20)8-17-10(19)7-12(21)5-3-2-4-6-12/h21H,2-9H2,1H3,(H,17,19). The number of nitrogens with one attached hydrogen (secondary N) is 1. The Morgan fingerprint density at radius 1 is 1.24 bits per heavy atom. The molecule has 2 amide bonds. The minimum atomic E-state index is -4.47. The topological polar surface area (TPSA) is 69.6 Å². The highest BCUT2D eigenvalue weighted by Gasteiger charge is 2.33. The van der Waals surface area contributed by atoms with Crippen molar-refractivity contribution in [2.24, 2.45) is 0 Å². The number of aliphatic hydroxyl groups is 1. The van der Waals surface area contributed by atoms with Crippen molar-refractivity contribution in [1.29, 1.82) is 0 Å². The van der Waals surface area contributed by atoms with E-state index in [1.807, 2.05) is 0 Å². The third-order valence-electron chi connectivity index (χ3n) is 3.55. The second-order valence-corrected chi connectivity index (χ2v) is 5.60. The summed E-state index contributed by atoms with van der Waals surface area (Å²) in [7, 11) is 1.02. The molecule has 1 aliphatic carbocycles. The zero-order valence-corrected chi connectivity index (χ0v) is 12.0. The SMILES string of the molecule is CN(CC(F)(F)F)C(=O)CNC(=O)CC1(O)CCCCC1. The number of carbonyl (C=O) groups excluding carboxylic acids is 2. The highest BCUT2D eigenvalue weighted by atomic mass is 19.4. The van der Waals surface area contributed by atoms with Crippen LogP contribution in [0, 0.1) is 0 Å². The number of hydrogen-bond donors (Lipinski definition) is 2. The first-order valence-electron chi connectivity index (χ1n) is 6.91. The molecule has 1 fully saturated rings. The summed E-state index contributed by atoms with van der Waals surface area (Å²) < 4.78 is 36.3. The van der Waals surface area contributed by atoms with Crippen LogP contribution in [0.25, 0.3) is 0 Å². The molecular formula is C13H21F3N2O3. The van der Waals surface area contributed by atoms with Crippen molar-refractivity contribution in [3.05, 3.63) is 0 Å². The predicted octanol–water partition coefficient (Wildman–Crippen LogP) is 1.21. The van der Waals surface area contributed by atoms with E-state index in [4.69, 9.17) is 0 Å². The summed E-state index contributed by atoms with van der Waals surface area (Å²) in [5, 5.41) is 12.4. The molecule has 2 N–H and O–H groups in total. The number of likely N-dealkylation sites (N-methyl/N-ethyl adjacent to an activating group) is 1. The van der Waals surface area contributed by atoms with Crippen molar-refractivity contribution < 1.29 is 27.9 Å². The lowest BCUT2D eigenvalue weighted by Crippen LogP contribution is -2.44. The van der Waals surface area contributed by atoms with Crippen molar-refractivity contribution in [3.8, 4) is 0 Å². The van der Waals surface area contributed by atoms with Crippen LogP contribution in [0.2, 0.25) is 0 Å². The number of alkyl halides is 3. The van der Waals surface area contributed by atoms with Crippen LogP contribution < -0.4 is 5.32 Å². The van der Waals surface area contributed by atoms with Crippen molar-refractivity contribution in [2.75, 3.05) is 20.1 Å². The first kappa shape index (κ1) is 17.7. The van der Waals surface area contributed by atoms with Crippen LogP contribution in [0.4, 0.5) is 13.2 Å². The van der Waals surface area contributed by atoms with Crippen LogP contribution in [0.3, 0.4) is 0 Å². The molecule has 0 atom stereocenters. The first-order chi connectivity index (χ1) is 9.61. The van der Waals surface area contributed by atoms with Crippen molar-refractivity contribution >= 4 is 11.8 Å². The van der Waals surface area contributed by atoms with E-state index in [1.165, 1.54) is 0 Å². The number of rotatable bonds is 5. The molecule has 0 aromatic rings. The van der Waals surface area contributed by atoms with Crippen LogP contribution in [0.5, 0.6) is 0 Å². The maximum absolute atomic E-state index is 12.1. The molecular weight excluding hydrogens is 289 g/mol. The maximum atomic E-state index is 12.1. The molecule has 0 unspecified atom stereocenters. The summed E-state index contributed by atoms with van der Waals surface area (Å²) in [5.74, 6) is -1.34. The van der Waals surface area contributed by atoms with Crippen LogP contribution in [0.1, 0.15) is 38.5 Å². The lowest BCUT2D eigenvalue weighted by atomic mass is 9.82. The lowest BCUT2D eigenvalue weighted by Gasteiger charge is -2.31. The van der Waals surface area contributed by atoms with E-state index in [2.05, 4.69) is 5.32 Å². The van der Waals surface area contributed by atoms with Gasteiger partial charge in [-0.3, -0.25) is 9.59 Å². The smallest absolute Gasteiger partial charge is 0.389 e. The maximum Gasteiger partial charge on any atom is 0.406 e. The van der Waals surface area contributed by atoms with Gasteiger partial charge in [0.1, 0.15) is 6.54 Å². The summed E-state index contributed by atoms with van der Waals surface area (Å²) >= 11 is 0. The third-order valence-corrected chi connectivity index (χ3v) is 3.55. The number of amides is 2. The fourth-order valence-electron chi connectivity index (χ4n) is 2.41. The normalized spacial score (nSPS) is 18.1. The van der Waals surface area contributed by atoms with Crippen LogP contribution >= 0.6 is 0 Å². The molecule has 0 saturated heterocycles. The third kappa shape index (κ3) is 6.79. The average molecular weight is 310 g/mol. The Morgan fingerprint density at radius 2 is 1.81 bits per heavy atom. The van der Waals surface area contributed by atoms with Gasteiger partial charge in [0.2, 0.25) is 11.8 Å². The largest absolute Gasteiger partial charge is 0.406 e. The summed E-state index contributed by atoms with van der Waals surface area (Å²) in [4.78, 5) is 23.6. The fourth-order valence-corrected chi connectivity index (χ4v) is 2.41. The fraction of sp³-hybridized carbons (Fsp3) is 0.846. The molecule has 0 bridgehead atoms. The van der Waals surface area contributed by atoms with Gasteiger partial charge in [-0.05, 0) is 12.8 Å². The highest BCUT2D eigenvalue weighted by molar-refractivity contribution is 5.85. The Kier molecular flexibility index (Phi) is 6.00. The number of hydrogen-bond acceptors (Lipinski definition) is 3. The monoisotopic (exact) mass is 310 g/mol. The molecule has 21 heavy (non-hydrogen) atoms. The summed E-state index contributed by atoms with van der Waals surface area (Å²) in [6.45, 7) is -1.85. The number of halogens is 3. The Hall–Kier alpha value is -1.31. The van der Waals surface area contributed by atoms with E-state index in [0.29, 0.717) is 17.7 Å². The Bertz CT molecular complexity index is 379. The van der Waals surface area contributed by atoms with Crippen LogP contribution in [-0.4, -0.2) is 53.7 Å². The molecule has 1 aliphatic rings. The lowest BCUT2D eigenvalue weighted by molar-refractivity contribution is -0.158. The summed E-state index contributed by atoms with van der Waals surface area (Å²) in [5.41, 5.74) is -1.05. The van der Waals surface area contributed by atoms with E-state index < -0.39 is 36.7 Å². The minimum Gasteiger partial charge on any atom is -0.389 e. The van der Waals surface area contributed by atoms with E-state index in [1.54, 1.807) is 0 Å². The molecule has 0 aromatic heterocycles. The Balaban J connectivity index is 2.33. The van der Waals surface area contributed by atoms with Gasteiger partial charge in [-0.2, -0.15) is 13.2 Å². The van der Waals surface area contributed by atoms with Crippen LogP contribution in [0.15, 0.2) is 0 Å². The zero-order chi connectivity index (χ0) is 16.1. The van der Waals surface area contributed by atoms with Gasteiger partial charge in [0.25, 0.3) is 0 Å². The van der Waals surface area contributed by atoms with E-state index in [-0.39, 0.29) is 6.42 Å². The van der Waals surface area contributed by atoms with Crippen molar-refractivity contribution in [3.63, 3.8) is 0 Å². The molecule has 0 spiro atoms. The zero-order valence-electron chi connectivity index (χ0n) is 12.0. The average Bonchev–Trinajstić information content (AvgIpc) is 2.34. The predicted molar refractivity (Wildman–Crippen MR) is 69.4 cm³/mol. The van der Waals surface area contributed by atoms with Gasteiger partial charge in [0.05, 0.1) is 18.6 Å². The second kappa shape index (κ2) is 7.11. The van der Waals surface area contributed by atoms with E-state index in [9.17, 15) is 27.9 Å². The van der Waals surface area contributed by atoms with Gasteiger partial charge in [0.15, 0.2) is 0 Å². The summed E-state index contributed by atoms with van der Waals surface area (Å²) in [6, 6.07) is 0. The van der Waals surface area contributed by atoms with Gasteiger partial charge in [-0.15, -0.1) is 0 Å². The molecule has 8 heteroatoms. The quantitative estimate of drug-likeness (QED) is 0.802. The molecule has 1 rings (SSSR count). The molecule has 5 nitrogen and oxygen atoms in total. The summed E-state index contributed by atoms with van der Waals surface area (Å²) in [6.07, 6.45) is -0.821. The first-order valence-corrected chi connectivity index (χ1v) is 6.91. The molecule has 0 heterocycles. The second-order valence-electron chi connectivity index (χ2n) is 5.60. The number of nitrogens with zero attached hydrogens (tertiary/aromatic N) is 1. The van der Waals surface area contributed by atoms with E-state index >= 15 is 0 Å². The molecule has 0 aromatic carbocycles. The van der Waals surface area contributed by atoms with Gasteiger partial charge in [-0.1, -0.05) is 19.3 Å². The number of carbonyl (C=O) groups is 2. The molecule has 0 aliphatic heterocycles. The van der Waals surface area contributed by atoms with Crippen molar-refractivity contribution in [1.82, 2.24) is 10.2 Å². The Morgan fingerprint density at radius 3 is 2.33 bits per heavy atom. The van der Waals surface area contributed by atoms with Gasteiger partial charge in [0, 0.05) is 7.05 Å². The minimum absolute atomic E-state index is 0.122. The van der Waals surface area contributed by atoms with Crippen molar-refractivity contribution in [2.45, 2.75) is 50.3 Å². The van der Waals surface area contributed by atoms with Crippen LogP contribution in [-0.2, 0) is 9.59 Å². The highest BCUT2D eigenvalue weighted by Crippen LogP contribution is 2.30. The van der Waals surface area contributed by atoms with Gasteiger partial charge in [-0.25, -0.2) is 0 Å². The molecule has 0 radical (unpaired) electrons. The van der Waals surface area contributed by atoms with Gasteiger partial charge < -0.3 is 15.3 Å². The Labute approximate surface area is 121 Å². The van der Waals surface area contributed by atoms with Gasteiger partial charge >= 0.3 is 6.18 Å². The molecule has 122 valence electrons.